The highest BCUT2D eigenvalue weighted by Gasteiger charge is 2.23. The first-order chi connectivity index (χ1) is 12.8. The third-order valence-corrected chi connectivity index (χ3v) is 3.98. The highest BCUT2D eigenvalue weighted by molar-refractivity contribution is 5.91. The second-order valence-electron chi connectivity index (χ2n) is 5.72. The lowest BCUT2D eigenvalue weighted by molar-refractivity contribution is 0.0445. The number of hydrogen-bond donors (Lipinski definition) is 3. The minimum absolute atomic E-state index is 0.00407. The Balaban J connectivity index is 2.27. The summed E-state index contributed by atoms with van der Waals surface area (Å²) in [7, 11) is 4.17. The van der Waals surface area contributed by atoms with Crippen molar-refractivity contribution >= 4 is 5.97 Å². The summed E-state index contributed by atoms with van der Waals surface area (Å²) < 4.78 is 20.5. The number of ether oxygens (including phenoxy) is 4. The molecule has 8 nitrogen and oxygen atoms in total. The van der Waals surface area contributed by atoms with Gasteiger partial charge in [0.25, 0.3) is 0 Å². The Hall–Kier alpha value is -3.13. The average molecular weight is 378 g/mol. The van der Waals surface area contributed by atoms with Crippen LogP contribution in [0.1, 0.15) is 28.9 Å². The summed E-state index contributed by atoms with van der Waals surface area (Å²) in [5, 5.41) is 30.3. The lowest BCUT2D eigenvalue weighted by Crippen LogP contribution is -2.22. The van der Waals surface area contributed by atoms with E-state index in [0.717, 1.165) is 6.07 Å². The molecule has 0 bridgehead atoms. The first-order valence-electron chi connectivity index (χ1n) is 8.03. The van der Waals surface area contributed by atoms with Gasteiger partial charge in [0.2, 0.25) is 5.75 Å². The molecule has 0 aliphatic rings. The van der Waals surface area contributed by atoms with Gasteiger partial charge in [0.1, 0.15) is 12.2 Å². The van der Waals surface area contributed by atoms with Crippen LogP contribution in [0.15, 0.2) is 30.3 Å². The van der Waals surface area contributed by atoms with Gasteiger partial charge in [-0.1, -0.05) is 6.07 Å². The molecule has 3 N–H and O–H groups in total. The summed E-state index contributed by atoms with van der Waals surface area (Å²) in [6.07, 6.45) is -1.92. The minimum atomic E-state index is -1.09. The van der Waals surface area contributed by atoms with Crippen LogP contribution in [0.3, 0.4) is 0 Å². The highest BCUT2D eigenvalue weighted by atomic mass is 16.5. The van der Waals surface area contributed by atoms with Crippen LogP contribution in [0.5, 0.6) is 28.7 Å². The zero-order valence-electron chi connectivity index (χ0n) is 15.4. The van der Waals surface area contributed by atoms with Gasteiger partial charge in [-0.25, -0.2) is 4.79 Å². The molecule has 0 amide bonds. The quantitative estimate of drug-likeness (QED) is 0.497. The number of hydrogen-bond acceptors (Lipinski definition) is 8. The normalized spacial score (nSPS) is 12.8. The van der Waals surface area contributed by atoms with Gasteiger partial charge >= 0.3 is 5.97 Å². The molecule has 2 rings (SSSR count). The van der Waals surface area contributed by atoms with Crippen molar-refractivity contribution in [3.63, 3.8) is 0 Å². The second-order valence-corrected chi connectivity index (χ2v) is 5.72. The molecule has 2 aromatic carbocycles. The third-order valence-electron chi connectivity index (χ3n) is 3.98. The molecule has 0 aliphatic carbocycles. The van der Waals surface area contributed by atoms with Crippen molar-refractivity contribution in [3.05, 3.63) is 41.5 Å². The van der Waals surface area contributed by atoms with E-state index in [1.807, 2.05) is 0 Å². The molecule has 2 atom stereocenters. The number of aromatic hydroxyl groups is 2. The van der Waals surface area contributed by atoms with Crippen molar-refractivity contribution < 1.29 is 39.1 Å². The SMILES string of the molecule is COC(=O)c1cc(O)c(O)c(OC(C)C(O)c2ccc(OC)c(OC)c2)c1. The first-order valence-corrected chi connectivity index (χ1v) is 8.03. The van der Waals surface area contributed by atoms with Crippen LogP contribution < -0.4 is 14.2 Å². The van der Waals surface area contributed by atoms with E-state index in [9.17, 15) is 20.1 Å². The number of esters is 1. The Morgan fingerprint density at radius 2 is 1.63 bits per heavy atom. The maximum absolute atomic E-state index is 11.7. The van der Waals surface area contributed by atoms with Gasteiger partial charge < -0.3 is 34.3 Å². The predicted octanol–water partition coefficient (Wildman–Crippen LogP) is 2.40. The molecule has 27 heavy (non-hydrogen) atoms. The molecule has 146 valence electrons. The molecule has 2 unspecified atom stereocenters. The molecule has 0 spiro atoms. The van der Waals surface area contributed by atoms with Gasteiger partial charge in [-0.3, -0.25) is 0 Å². The predicted molar refractivity (Wildman–Crippen MR) is 95.7 cm³/mol. The van der Waals surface area contributed by atoms with E-state index in [1.165, 1.54) is 27.4 Å². The summed E-state index contributed by atoms with van der Waals surface area (Å²) in [4.78, 5) is 11.7. The fourth-order valence-electron chi connectivity index (χ4n) is 2.49. The number of carbonyl (C=O) groups is 1. The Kier molecular flexibility index (Phi) is 6.36. The van der Waals surface area contributed by atoms with E-state index in [0.29, 0.717) is 17.1 Å². The van der Waals surface area contributed by atoms with Crippen LogP contribution in [0.2, 0.25) is 0 Å². The zero-order valence-corrected chi connectivity index (χ0v) is 15.4. The lowest BCUT2D eigenvalue weighted by Gasteiger charge is -2.22. The molecule has 0 radical (unpaired) electrons. The number of phenolic OH excluding ortho intramolecular Hbond substituents is 2. The monoisotopic (exact) mass is 378 g/mol. The first kappa shape index (κ1) is 20.2. The van der Waals surface area contributed by atoms with Gasteiger partial charge in [0, 0.05) is 0 Å². The van der Waals surface area contributed by atoms with Crippen molar-refractivity contribution in [1.82, 2.24) is 0 Å². The van der Waals surface area contributed by atoms with Gasteiger partial charge in [0.15, 0.2) is 23.0 Å². The number of aliphatic hydroxyl groups excluding tert-OH is 1. The molecular formula is C19H22O8. The molecular weight excluding hydrogens is 356 g/mol. The van der Waals surface area contributed by atoms with Crippen LogP contribution in [0.25, 0.3) is 0 Å². The van der Waals surface area contributed by atoms with Gasteiger partial charge in [-0.15, -0.1) is 0 Å². The minimum Gasteiger partial charge on any atom is -0.504 e. The second kappa shape index (κ2) is 8.50. The van der Waals surface area contributed by atoms with E-state index >= 15 is 0 Å². The Morgan fingerprint density at radius 1 is 0.963 bits per heavy atom. The van der Waals surface area contributed by atoms with Gasteiger partial charge in [-0.2, -0.15) is 0 Å². The molecule has 0 aromatic heterocycles. The van der Waals surface area contributed by atoms with Gasteiger partial charge in [-0.05, 0) is 36.8 Å². The molecule has 0 saturated carbocycles. The van der Waals surface area contributed by atoms with Crippen molar-refractivity contribution in [3.8, 4) is 28.7 Å². The molecule has 0 heterocycles. The number of carbonyl (C=O) groups excluding carboxylic acids is 1. The van der Waals surface area contributed by atoms with Gasteiger partial charge in [0.05, 0.1) is 26.9 Å². The highest BCUT2D eigenvalue weighted by Crippen LogP contribution is 2.39. The average Bonchev–Trinajstić information content (AvgIpc) is 2.69. The van der Waals surface area contributed by atoms with Crippen molar-refractivity contribution in [2.45, 2.75) is 19.1 Å². The number of phenols is 2. The van der Waals surface area contributed by atoms with Crippen LogP contribution >= 0.6 is 0 Å². The van der Waals surface area contributed by atoms with Crippen molar-refractivity contribution in [1.29, 1.82) is 0 Å². The maximum Gasteiger partial charge on any atom is 0.338 e. The van der Waals surface area contributed by atoms with Crippen LogP contribution in [0.4, 0.5) is 0 Å². The van der Waals surface area contributed by atoms with E-state index in [-0.39, 0.29) is 11.3 Å². The maximum atomic E-state index is 11.7. The van der Waals surface area contributed by atoms with Crippen LogP contribution in [0, 0.1) is 0 Å². The van der Waals surface area contributed by atoms with Crippen molar-refractivity contribution in [2.75, 3.05) is 21.3 Å². The standard InChI is InChI=1S/C19H22O8/c1-10(17(21)11-5-6-14(24-2)15(8-11)25-3)27-16-9-12(19(23)26-4)7-13(20)18(16)22/h5-10,17,20-22H,1-4H3. The topological polar surface area (TPSA) is 115 Å². The van der Waals surface area contributed by atoms with Crippen molar-refractivity contribution in [2.24, 2.45) is 0 Å². The summed E-state index contributed by atoms with van der Waals surface area (Å²) in [6.45, 7) is 1.57. The molecule has 8 heteroatoms. The number of aliphatic hydroxyl groups is 1. The number of methoxy groups -OCH3 is 3. The zero-order chi connectivity index (χ0) is 20.1. The summed E-state index contributed by atoms with van der Waals surface area (Å²) in [5.74, 6) is -1.01. The summed E-state index contributed by atoms with van der Waals surface area (Å²) in [6, 6.07) is 7.17. The largest absolute Gasteiger partial charge is 0.504 e. The van der Waals surface area contributed by atoms with E-state index in [1.54, 1.807) is 25.1 Å². The third kappa shape index (κ3) is 4.35. The van der Waals surface area contributed by atoms with E-state index in [2.05, 4.69) is 4.74 Å². The van der Waals surface area contributed by atoms with Crippen LogP contribution in [-0.2, 0) is 4.74 Å². The summed E-state index contributed by atoms with van der Waals surface area (Å²) >= 11 is 0. The molecule has 0 saturated heterocycles. The fraction of sp³-hybridized carbons (Fsp3) is 0.316. The summed E-state index contributed by atoms with van der Waals surface area (Å²) in [5.41, 5.74) is 0.489. The fourth-order valence-corrected chi connectivity index (χ4v) is 2.49. The lowest BCUT2D eigenvalue weighted by atomic mass is 10.0. The Morgan fingerprint density at radius 3 is 2.22 bits per heavy atom. The number of benzene rings is 2. The Labute approximate surface area is 156 Å². The molecule has 2 aromatic rings. The number of rotatable bonds is 7. The Bertz CT molecular complexity index is 818. The van der Waals surface area contributed by atoms with E-state index < -0.39 is 29.7 Å². The molecule has 0 fully saturated rings. The van der Waals surface area contributed by atoms with E-state index in [4.69, 9.17) is 14.2 Å². The molecule has 0 aliphatic heterocycles. The smallest absolute Gasteiger partial charge is 0.338 e. The van der Waals surface area contributed by atoms with Crippen LogP contribution in [-0.4, -0.2) is 48.7 Å².